The van der Waals surface area contributed by atoms with E-state index in [2.05, 4.69) is 0 Å². The molecule has 0 saturated heterocycles. The second-order valence-corrected chi connectivity index (χ2v) is 5.90. The zero-order valence-corrected chi connectivity index (χ0v) is 10.0. The standard InChI is InChI=1S/C12H15F3O2/c1-10(2)6-4-5-11(10,3)8(16)7(6)9(17)12(13,14)15/h6-7H,4-5H2,1-3H3/t6-,7+,11+/m1/s1. The van der Waals surface area contributed by atoms with Crippen LogP contribution in [0.5, 0.6) is 0 Å². The van der Waals surface area contributed by atoms with E-state index in [1.165, 1.54) is 0 Å². The molecule has 96 valence electrons. The summed E-state index contributed by atoms with van der Waals surface area (Å²) in [5, 5.41) is 0. The zero-order valence-electron chi connectivity index (χ0n) is 10.0. The summed E-state index contributed by atoms with van der Waals surface area (Å²) in [4.78, 5) is 23.4. The van der Waals surface area contributed by atoms with Crippen LogP contribution in [-0.4, -0.2) is 17.7 Å². The number of rotatable bonds is 1. The molecule has 0 aromatic heterocycles. The molecular formula is C12H15F3O2. The van der Waals surface area contributed by atoms with E-state index in [1.54, 1.807) is 20.8 Å². The molecule has 2 rings (SSSR count). The lowest BCUT2D eigenvalue weighted by molar-refractivity contribution is -0.178. The van der Waals surface area contributed by atoms with E-state index in [0.717, 1.165) is 0 Å². The Hall–Kier alpha value is -0.870. The van der Waals surface area contributed by atoms with Crippen LogP contribution in [0.25, 0.3) is 0 Å². The fourth-order valence-corrected chi connectivity index (χ4v) is 3.56. The van der Waals surface area contributed by atoms with Crippen LogP contribution in [0.15, 0.2) is 0 Å². The van der Waals surface area contributed by atoms with E-state index >= 15 is 0 Å². The minimum absolute atomic E-state index is 0.464. The van der Waals surface area contributed by atoms with Gasteiger partial charge in [0, 0.05) is 5.41 Å². The molecule has 3 atom stereocenters. The Morgan fingerprint density at radius 3 is 2.18 bits per heavy atom. The van der Waals surface area contributed by atoms with Gasteiger partial charge in [-0.1, -0.05) is 20.8 Å². The molecule has 0 N–H and O–H groups in total. The highest BCUT2D eigenvalue weighted by molar-refractivity contribution is 6.09. The van der Waals surface area contributed by atoms with Gasteiger partial charge in [-0.15, -0.1) is 0 Å². The predicted octanol–water partition coefficient (Wildman–Crippen LogP) is 2.76. The van der Waals surface area contributed by atoms with Crippen LogP contribution in [-0.2, 0) is 9.59 Å². The number of carbonyl (C=O) groups excluding carboxylic acids is 2. The van der Waals surface area contributed by atoms with E-state index in [-0.39, 0.29) is 0 Å². The summed E-state index contributed by atoms with van der Waals surface area (Å²) in [6, 6.07) is 0. The SMILES string of the molecule is CC1(C)[C@@H]2CC[C@@]1(C)C(=O)[C@H]2C(=O)C(F)(F)F. The van der Waals surface area contributed by atoms with Gasteiger partial charge in [-0.2, -0.15) is 13.2 Å². The average Bonchev–Trinajstić information content (AvgIpc) is 2.47. The van der Waals surface area contributed by atoms with Gasteiger partial charge in [-0.3, -0.25) is 9.59 Å². The Labute approximate surface area is 97.6 Å². The third kappa shape index (κ3) is 1.34. The summed E-state index contributed by atoms with van der Waals surface area (Å²) in [5.41, 5.74) is -1.29. The van der Waals surface area contributed by atoms with Crippen molar-refractivity contribution >= 4 is 11.6 Å². The van der Waals surface area contributed by atoms with Gasteiger partial charge >= 0.3 is 6.18 Å². The molecule has 0 radical (unpaired) electrons. The third-order valence-electron chi connectivity index (χ3n) is 5.09. The van der Waals surface area contributed by atoms with Crippen molar-refractivity contribution in [2.24, 2.45) is 22.7 Å². The van der Waals surface area contributed by atoms with E-state index in [0.29, 0.717) is 12.8 Å². The maximum absolute atomic E-state index is 12.5. The number of carbonyl (C=O) groups is 2. The van der Waals surface area contributed by atoms with Gasteiger partial charge in [0.15, 0.2) is 0 Å². The normalized spacial score (nSPS) is 39.8. The molecule has 0 aliphatic heterocycles. The van der Waals surface area contributed by atoms with E-state index in [4.69, 9.17) is 0 Å². The van der Waals surface area contributed by atoms with Crippen LogP contribution in [0.4, 0.5) is 13.2 Å². The van der Waals surface area contributed by atoms with Crippen LogP contribution >= 0.6 is 0 Å². The van der Waals surface area contributed by atoms with Gasteiger partial charge in [0.1, 0.15) is 5.78 Å². The van der Waals surface area contributed by atoms with Crippen molar-refractivity contribution in [3.8, 4) is 0 Å². The number of Topliss-reactive ketones (excluding diaryl/α,β-unsaturated/α-hetero) is 2. The second-order valence-electron chi connectivity index (χ2n) is 5.90. The van der Waals surface area contributed by atoms with Crippen molar-refractivity contribution in [1.29, 1.82) is 0 Å². The van der Waals surface area contributed by atoms with E-state index in [9.17, 15) is 22.8 Å². The quantitative estimate of drug-likeness (QED) is 0.669. The van der Waals surface area contributed by atoms with Crippen LogP contribution in [0, 0.1) is 22.7 Å². The number of fused-ring (bicyclic) bond motifs is 2. The number of hydrogen-bond acceptors (Lipinski definition) is 2. The van der Waals surface area contributed by atoms with Crippen molar-refractivity contribution < 1.29 is 22.8 Å². The summed E-state index contributed by atoms with van der Waals surface area (Å²) < 4.78 is 37.4. The summed E-state index contributed by atoms with van der Waals surface area (Å²) in [7, 11) is 0. The number of halogens is 3. The van der Waals surface area contributed by atoms with Gasteiger partial charge < -0.3 is 0 Å². The lowest BCUT2D eigenvalue weighted by Gasteiger charge is -2.32. The summed E-state index contributed by atoms with van der Waals surface area (Å²) >= 11 is 0. The molecule has 2 aliphatic carbocycles. The van der Waals surface area contributed by atoms with Gasteiger partial charge in [-0.25, -0.2) is 0 Å². The monoisotopic (exact) mass is 248 g/mol. The van der Waals surface area contributed by atoms with Crippen molar-refractivity contribution in [3.63, 3.8) is 0 Å². The first-order valence-electron chi connectivity index (χ1n) is 5.69. The fraction of sp³-hybridized carbons (Fsp3) is 0.833. The lowest BCUT2D eigenvalue weighted by atomic mass is 9.70. The Kier molecular flexibility index (Phi) is 2.31. The van der Waals surface area contributed by atoms with E-state index in [1.807, 2.05) is 0 Å². The van der Waals surface area contributed by atoms with Crippen molar-refractivity contribution in [3.05, 3.63) is 0 Å². The number of ketones is 2. The zero-order chi connectivity index (χ0) is 13.2. The van der Waals surface area contributed by atoms with Crippen LogP contribution in [0.3, 0.4) is 0 Å². The van der Waals surface area contributed by atoms with Gasteiger partial charge in [-0.05, 0) is 24.2 Å². The van der Waals surface area contributed by atoms with E-state index < -0.39 is 40.4 Å². The summed E-state index contributed by atoms with van der Waals surface area (Å²) in [5.74, 6) is -4.30. The molecule has 0 aromatic carbocycles. The summed E-state index contributed by atoms with van der Waals surface area (Å²) in [6.07, 6.45) is -3.79. The Morgan fingerprint density at radius 1 is 1.29 bits per heavy atom. The molecule has 2 saturated carbocycles. The molecule has 2 nitrogen and oxygen atoms in total. The molecule has 0 heterocycles. The number of hydrogen-bond donors (Lipinski definition) is 0. The lowest BCUT2D eigenvalue weighted by Crippen LogP contribution is -2.40. The van der Waals surface area contributed by atoms with Crippen LogP contribution in [0.1, 0.15) is 33.6 Å². The second kappa shape index (κ2) is 3.12. The Morgan fingerprint density at radius 2 is 1.82 bits per heavy atom. The largest absolute Gasteiger partial charge is 0.450 e. The Bertz CT molecular complexity index is 397. The van der Waals surface area contributed by atoms with Crippen molar-refractivity contribution in [2.45, 2.75) is 39.8 Å². The topological polar surface area (TPSA) is 34.1 Å². The van der Waals surface area contributed by atoms with Crippen molar-refractivity contribution in [1.82, 2.24) is 0 Å². The highest BCUT2D eigenvalue weighted by Crippen LogP contribution is 2.66. The van der Waals surface area contributed by atoms with Gasteiger partial charge in [0.25, 0.3) is 0 Å². The molecule has 2 aliphatic rings. The molecular weight excluding hydrogens is 233 g/mol. The minimum Gasteiger partial charge on any atom is -0.298 e. The predicted molar refractivity (Wildman–Crippen MR) is 54.2 cm³/mol. The van der Waals surface area contributed by atoms with Crippen LogP contribution in [0.2, 0.25) is 0 Å². The highest BCUT2D eigenvalue weighted by Gasteiger charge is 2.70. The first-order chi connectivity index (χ1) is 7.53. The summed E-state index contributed by atoms with van der Waals surface area (Å²) in [6.45, 7) is 5.29. The van der Waals surface area contributed by atoms with Crippen molar-refractivity contribution in [2.75, 3.05) is 0 Å². The molecule has 2 bridgehead atoms. The molecule has 2 fully saturated rings. The maximum atomic E-state index is 12.5. The maximum Gasteiger partial charge on any atom is 0.450 e. The number of alkyl halides is 3. The Balaban J connectivity index is 2.42. The molecule has 0 amide bonds. The fourth-order valence-electron chi connectivity index (χ4n) is 3.56. The van der Waals surface area contributed by atoms with Gasteiger partial charge in [0.2, 0.25) is 5.78 Å². The molecule has 17 heavy (non-hydrogen) atoms. The third-order valence-corrected chi connectivity index (χ3v) is 5.09. The molecule has 0 unspecified atom stereocenters. The first-order valence-corrected chi connectivity index (χ1v) is 5.69. The minimum atomic E-state index is -4.91. The van der Waals surface area contributed by atoms with Crippen LogP contribution < -0.4 is 0 Å². The highest BCUT2D eigenvalue weighted by atomic mass is 19.4. The molecule has 5 heteroatoms. The smallest absolute Gasteiger partial charge is 0.298 e. The first kappa shape index (κ1) is 12.6. The molecule has 0 spiro atoms. The average molecular weight is 248 g/mol. The van der Waals surface area contributed by atoms with Gasteiger partial charge in [0.05, 0.1) is 5.92 Å². The molecule has 0 aromatic rings.